The summed E-state index contributed by atoms with van der Waals surface area (Å²) in [5.74, 6) is 1.93. The standard InChI is InChI=1S/C23H22FN3O2.C23H31N5O/c1-3-27-14-19-18(23(27)28)11-12-25-22(19)26-15(2)16-9-10-21(20(24)13-16)29-17-7-5-4-6-8-17;1-4-28-16-21-20(23(28)29)9-10-24-22(21)25-17(2)19-7-5-18(6-8-19)15-27-13-11-26(3)12-14-27/h4-13,15H,3,14H2,1-2H3,(H,25,26);5-10,17H,4,11-16H2,1-3H3,(H,24,25). The summed E-state index contributed by atoms with van der Waals surface area (Å²) < 4.78 is 20.2. The van der Waals surface area contributed by atoms with Crippen LogP contribution >= 0.6 is 0 Å². The molecule has 0 bridgehead atoms. The van der Waals surface area contributed by atoms with Gasteiger partial charge >= 0.3 is 0 Å². The lowest BCUT2D eigenvalue weighted by atomic mass is 10.0. The number of hydrogen-bond acceptors (Lipinski definition) is 9. The molecule has 3 aliphatic rings. The Morgan fingerprint density at radius 3 is 1.78 bits per heavy atom. The maximum absolute atomic E-state index is 14.6. The van der Waals surface area contributed by atoms with Crippen LogP contribution in [0.3, 0.4) is 0 Å². The number of pyridine rings is 2. The van der Waals surface area contributed by atoms with Gasteiger partial charge < -0.3 is 30.1 Å². The average molecular weight is 785 g/mol. The van der Waals surface area contributed by atoms with Crippen molar-refractivity contribution in [3.8, 4) is 11.5 Å². The zero-order valence-corrected chi connectivity index (χ0v) is 34.0. The van der Waals surface area contributed by atoms with E-state index in [4.69, 9.17) is 4.74 Å². The third-order valence-electron chi connectivity index (χ3n) is 11.2. The van der Waals surface area contributed by atoms with Gasteiger partial charge in [0.15, 0.2) is 11.6 Å². The normalized spacial score (nSPS) is 16.3. The van der Waals surface area contributed by atoms with Crippen LogP contribution in [-0.2, 0) is 19.6 Å². The molecule has 2 N–H and O–H groups in total. The van der Waals surface area contributed by atoms with Gasteiger partial charge in [0.2, 0.25) is 0 Å². The Kier molecular flexibility index (Phi) is 12.6. The molecule has 3 aliphatic heterocycles. The number of ether oxygens (including phenoxy) is 1. The third kappa shape index (κ3) is 9.14. The Morgan fingerprint density at radius 2 is 1.24 bits per heavy atom. The van der Waals surface area contributed by atoms with Crippen LogP contribution in [0.15, 0.2) is 97.3 Å². The summed E-state index contributed by atoms with van der Waals surface area (Å²) >= 11 is 0. The quantitative estimate of drug-likeness (QED) is 0.130. The highest BCUT2D eigenvalue weighted by atomic mass is 19.1. The summed E-state index contributed by atoms with van der Waals surface area (Å²) in [6.07, 6.45) is 3.35. The third-order valence-corrected chi connectivity index (χ3v) is 11.2. The number of carbonyl (C=O) groups is 2. The molecule has 58 heavy (non-hydrogen) atoms. The maximum atomic E-state index is 14.6. The van der Waals surface area contributed by atoms with Crippen molar-refractivity contribution < 1.29 is 18.7 Å². The molecule has 5 aromatic rings. The van der Waals surface area contributed by atoms with Gasteiger partial charge in [-0.15, -0.1) is 0 Å². The molecule has 0 spiro atoms. The number of anilines is 2. The second-order valence-corrected chi connectivity index (χ2v) is 15.2. The zero-order chi connectivity index (χ0) is 40.8. The molecule has 12 heteroatoms. The number of likely N-dealkylation sites (N-methyl/N-ethyl adjacent to an activating group) is 1. The van der Waals surface area contributed by atoms with Crippen molar-refractivity contribution in [1.82, 2.24) is 29.6 Å². The topological polar surface area (TPSA) is 106 Å². The summed E-state index contributed by atoms with van der Waals surface area (Å²) in [4.78, 5) is 42.3. The van der Waals surface area contributed by atoms with Gasteiger partial charge in [0.1, 0.15) is 17.4 Å². The average Bonchev–Trinajstić information content (AvgIpc) is 3.76. The maximum Gasteiger partial charge on any atom is 0.254 e. The van der Waals surface area contributed by atoms with E-state index >= 15 is 0 Å². The summed E-state index contributed by atoms with van der Waals surface area (Å²) in [6, 6.07) is 26.4. The van der Waals surface area contributed by atoms with Crippen LogP contribution in [0.25, 0.3) is 0 Å². The van der Waals surface area contributed by atoms with E-state index in [0.717, 1.165) is 67.3 Å². The molecule has 8 rings (SSSR count). The molecule has 0 radical (unpaired) electrons. The second kappa shape index (κ2) is 18.2. The fourth-order valence-electron chi connectivity index (χ4n) is 7.57. The first-order chi connectivity index (χ1) is 28.1. The minimum Gasteiger partial charge on any atom is -0.454 e. The zero-order valence-electron chi connectivity index (χ0n) is 34.0. The van der Waals surface area contributed by atoms with Gasteiger partial charge in [0, 0.05) is 86.5 Å². The van der Waals surface area contributed by atoms with Crippen molar-refractivity contribution >= 4 is 23.5 Å². The van der Waals surface area contributed by atoms with Crippen LogP contribution in [0.4, 0.5) is 16.0 Å². The van der Waals surface area contributed by atoms with Crippen molar-refractivity contribution in [2.75, 3.05) is 56.9 Å². The molecule has 0 saturated carbocycles. The van der Waals surface area contributed by atoms with Crippen LogP contribution in [0.5, 0.6) is 11.5 Å². The van der Waals surface area contributed by atoms with Crippen molar-refractivity contribution in [3.05, 3.63) is 142 Å². The smallest absolute Gasteiger partial charge is 0.254 e. The number of rotatable bonds is 12. The number of hydrogen-bond donors (Lipinski definition) is 2. The number of nitrogens with one attached hydrogen (secondary N) is 2. The van der Waals surface area contributed by atoms with E-state index in [1.807, 2.05) is 56.0 Å². The molecule has 0 aliphatic carbocycles. The van der Waals surface area contributed by atoms with Gasteiger partial charge in [0.05, 0.1) is 19.1 Å². The molecule has 2 unspecified atom stereocenters. The fourth-order valence-corrected chi connectivity index (χ4v) is 7.57. The van der Waals surface area contributed by atoms with Gasteiger partial charge in [-0.25, -0.2) is 14.4 Å². The first kappa shape index (κ1) is 40.4. The highest BCUT2D eigenvalue weighted by Crippen LogP contribution is 2.33. The van der Waals surface area contributed by atoms with Crippen molar-refractivity contribution in [2.24, 2.45) is 0 Å². The van der Waals surface area contributed by atoms with Crippen LogP contribution in [0.2, 0.25) is 0 Å². The van der Waals surface area contributed by atoms with Crippen LogP contribution in [-0.4, -0.2) is 87.7 Å². The largest absolute Gasteiger partial charge is 0.454 e. The number of piperazine rings is 1. The lowest BCUT2D eigenvalue weighted by molar-refractivity contribution is 0.0779. The molecule has 302 valence electrons. The predicted molar refractivity (Wildman–Crippen MR) is 226 cm³/mol. The molecule has 11 nitrogen and oxygen atoms in total. The molecular formula is C46H53FN8O3. The van der Waals surface area contributed by atoms with Crippen molar-refractivity contribution in [1.29, 1.82) is 0 Å². The van der Waals surface area contributed by atoms with Crippen LogP contribution < -0.4 is 15.4 Å². The minimum absolute atomic E-state index is 0.0223. The Hall–Kier alpha value is -5.85. The number of fused-ring (bicyclic) bond motifs is 2. The number of carbonyl (C=O) groups excluding carboxylic acids is 2. The van der Waals surface area contributed by atoms with Crippen LogP contribution in [0, 0.1) is 5.82 Å². The van der Waals surface area contributed by atoms with Gasteiger partial charge in [-0.2, -0.15) is 0 Å². The van der Waals surface area contributed by atoms with Gasteiger partial charge in [0.25, 0.3) is 11.8 Å². The number of halogens is 1. The first-order valence-corrected chi connectivity index (χ1v) is 20.2. The Balaban J connectivity index is 0.000000177. The lowest BCUT2D eigenvalue weighted by Crippen LogP contribution is -2.43. The lowest BCUT2D eigenvalue weighted by Gasteiger charge is -2.32. The van der Waals surface area contributed by atoms with Crippen molar-refractivity contribution in [3.63, 3.8) is 0 Å². The number of nitrogens with zero attached hydrogens (tertiary/aromatic N) is 6. The molecule has 2 aromatic heterocycles. The molecule has 5 heterocycles. The number of amides is 2. The monoisotopic (exact) mass is 784 g/mol. The minimum atomic E-state index is -0.432. The van der Waals surface area contributed by atoms with Crippen molar-refractivity contribution in [2.45, 2.75) is 59.4 Å². The summed E-state index contributed by atoms with van der Waals surface area (Å²) in [5.41, 5.74) is 6.69. The molecule has 1 fully saturated rings. The summed E-state index contributed by atoms with van der Waals surface area (Å²) in [7, 11) is 2.19. The van der Waals surface area contributed by atoms with Gasteiger partial charge in [-0.1, -0.05) is 48.5 Å². The van der Waals surface area contributed by atoms with E-state index in [2.05, 4.69) is 68.6 Å². The molecule has 2 atom stereocenters. The van der Waals surface area contributed by atoms with Gasteiger partial charge in [-0.3, -0.25) is 14.5 Å². The Bertz CT molecular complexity index is 2210. The molecule has 1 saturated heterocycles. The number of para-hydroxylation sites is 1. The van der Waals surface area contributed by atoms with E-state index in [1.165, 1.54) is 17.2 Å². The summed E-state index contributed by atoms with van der Waals surface area (Å²) in [5, 5.41) is 6.85. The van der Waals surface area contributed by atoms with E-state index in [1.54, 1.807) is 41.6 Å². The molecule has 2 amide bonds. The summed E-state index contributed by atoms with van der Waals surface area (Å²) in [6.45, 7) is 16.1. The highest BCUT2D eigenvalue weighted by Gasteiger charge is 2.30. The molecule has 3 aromatic carbocycles. The number of aromatic nitrogens is 2. The van der Waals surface area contributed by atoms with E-state index in [0.29, 0.717) is 36.8 Å². The predicted octanol–water partition coefficient (Wildman–Crippen LogP) is 8.14. The van der Waals surface area contributed by atoms with E-state index in [9.17, 15) is 14.0 Å². The van der Waals surface area contributed by atoms with E-state index < -0.39 is 5.82 Å². The highest BCUT2D eigenvalue weighted by molar-refractivity contribution is 6.00. The fraction of sp³-hybridized carbons (Fsp3) is 0.348. The molecular weight excluding hydrogens is 732 g/mol. The SMILES string of the molecule is CCN1Cc2c(ccnc2NC(C)c2ccc(CN3CCN(C)CC3)cc2)C1=O.CCN1Cc2c(ccnc2NC(C)c2ccc(Oc3ccccc3)c(F)c2)C1=O. The van der Waals surface area contributed by atoms with Gasteiger partial charge in [-0.05, 0) is 87.8 Å². The Morgan fingerprint density at radius 1 is 0.707 bits per heavy atom. The first-order valence-electron chi connectivity index (χ1n) is 20.2. The second-order valence-electron chi connectivity index (χ2n) is 15.2. The van der Waals surface area contributed by atoms with E-state index in [-0.39, 0.29) is 29.6 Å². The Labute approximate surface area is 340 Å². The van der Waals surface area contributed by atoms with Crippen LogP contribution in [0.1, 0.15) is 88.3 Å². The number of benzene rings is 3.